The van der Waals surface area contributed by atoms with E-state index < -0.39 is 23.6 Å². The molecule has 1 atom stereocenters. The number of aromatic nitrogens is 4. The van der Waals surface area contributed by atoms with Gasteiger partial charge in [0.2, 0.25) is 11.7 Å². The number of anilines is 1. The van der Waals surface area contributed by atoms with Crippen LogP contribution in [0, 0.1) is 0 Å². The van der Waals surface area contributed by atoms with Gasteiger partial charge in [0, 0.05) is 5.54 Å². The summed E-state index contributed by atoms with van der Waals surface area (Å²) in [6, 6.07) is -0.795. The number of rotatable bonds is 3. The van der Waals surface area contributed by atoms with Crippen LogP contribution >= 0.6 is 0 Å². The Labute approximate surface area is 130 Å². The maximum atomic E-state index is 12.9. The van der Waals surface area contributed by atoms with Crippen molar-refractivity contribution in [3.63, 3.8) is 0 Å². The van der Waals surface area contributed by atoms with Gasteiger partial charge in [-0.3, -0.25) is 4.79 Å². The number of H-pyrrole nitrogens is 1. The number of nitrogens with zero attached hydrogens (tertiary/aromatic N) is 3. The first kappa shape index (κ1) is 17.0. The van der Waals surface area contributed by atoms with Crippen LogP contribution in [-0.2, 0) is 11.0 Å². The van der Waals surface area contributed by atoms with Crippen molar-refractivity contribution in [1.82, 2.24) is 25.3 Å². The van der Waals surface area contributed by atoms with Crippen molar-refractivity contribution in [2.75, 3.05) is 5.32 Å². The van der Waals surface area contributed by atoms with Crippen molar-refractivity contribution in [3.8, 4) is 0 Å². The van der Waals surface area contributed by atoms with Crippen molar-refractivity contribution < 1.29 is 18.0 Å². The molecule has 2 aromatic heterocycles. The lowest BCUT2D eigenvalue weighted by Crippen LogP contribution is -2.47. The van der Waals surface area contributed by atoms with E-state index in [1.54, 1.807) is 20.8 Å². The molecule has 2 heterocycles. The molecule has 0 bridgehead atoms. The van der Waals surface area contributed by atoms with Crippen LogP contribution in [0.2, 0.25) is 0 Å². The molecule has 0 aliphatic rings. The van der Waals surface area contributed by atoms with Gasteiger partial charge < -0.3 is 15.6 Å². The van der Waals surface area contributed by atoms with E-state index in [1.165, 1.54) is 13.3 Å². The van der Waals surface area contributed by atoms with Gasteiger partial charge in [-0.1, -0.05) is 0 Å². The van der Waals surface area contributed by atoms with Crippen LogP contribution in [0.3, 0.4) is 0 Å². The minimum absolute atomic E-state index is 0.127. The van der Waals surface area contributed by atoms with Gasteiger partial charge in [0.15, 0.2) is 11.5 Å². The van der Waals surface area contributed by atoms with Crippen molar-refractivity contribution in [1.29, 1.82) is 0 Å². The average Bonchev–Trinajstić information content (AvgIpc) is 2.83. The molecule has 2 rings (SSSR count). The molecule has 126 valence electrons. The highest BCUT2D eigenvalue weighted by molar-refractivity contribution is 5.88. The largest absolute Gasteiger partial charge is 0.451 e. The maximum Gasteiger partial charge on any atom is 0.451 e. The number of hydrogen-bond acceptors (Lipinski definition) is 5. The third-order valence-electron chi connectivity index (χ3n) is 2.78. The lowest BCUT2D eigenvalue weighted by Gasteiger charge is -2.24. The first-order valence-electron chi connectivity index (χ1n) is 6.84. The maximum absolute atomic E-state index is 12.9. The number of amides is 1. The van der Waals surface area contributed by atoms with E-state index in [-0.39, 0.29) is 22.9 Å². The Kier molecular flexibility index (Phi) is 4.18. The second-order valence-corrected chi connectivity index (χ2v) is 6.10. The standard InChI is InChI=1S/C13H17F3N6O/c1-6(10(23)22-12(2,3)4)19-9-7-8(18-5-17-7)20-11(21-9)13(14,15)16/h5-6H,1-4H3,(H,22,23)(H2,17,18,19,20,21). The van der Waals surface area contributed by atoms with Gasteiger partial charge in [0.25, 0.3) is 0 Å². The summed E-state index contributed by atoms with van der Waals surface area (Å²) in [7, 11) is 0. The molecule has 7 nitrogen and oxygen atoms in total. The van der Waals surface area contributed by atoms with Gasteiger partial charge >= 0.3 is 6.18 Å². The molecule has 0 aliphatic carbocycles. The number of imidazole rings is 1. The van der Waals surface area contributed by atoms with Crippen molar-refractivity contribution in [2.45, 2.75) is 45.5 Å². The highest BCUT2D eigenvalue weighted by atomic mass is 19.4. The Morgan fingerprint density at radius 3 is 2.48 bits per heavy atom. The van der Waals surface area contributed by atoms with E-state index >= 15 is 0 Å². The van der Waals surface area contributed by atoms with Crippen LogP contribution in [0.1, 0.15) is 33.5 Å². The second kappa shape index (κ2) is 5.67. The molecule has 3 N–H and O–H groups in total. The van der Waals surface area contributed by atoms with Crippen molar-refractivity contribution >= 4 is 22.9 Å². The number of carbonyl (C=O) groups is 1. The van der Waals surface area contributed by atoms with Crippen molar-refractivity contribution in [3.05, 3.63) is 12.2 Å². The summed E-state index contributed by atoms with van der Waals surface area (Å²) in [5.74, 6) is -1.81. The summed E-state index contributed by atoms with van der Waals surface area (Å²) < 4.78 is 38.6. The van der Waals surface area contributed by atoms with Crippen LogP contribution < -0.4 is 10.6 Å². The van der Waals surface area contributed by atoms with Crippen molar-refractivity contribution in [2.24, 2.45) is 0 Å². The first-order chi connectivity index (χ1) is 10.5. The predicted octanol–water partition coefficient (Wildman–Crippen LogP) is 2.09. The Bertz CT molecular complexity index is 719. The fraction of sp³-hybridized carbons (Fsp3) is 0.538. The number of nitrogens with one attached hydrogen (secondary N) is 3. The van der Waals surface area contributed by atoms with Gasteiger partial charge in [0.05, 0.1) is 6.33 Å². The summed E-state index contributed by atoms with van der Waals surface area (Å²) in [6.45, 7) is 6.93. The molecule has 0 spiro atoms. The zero-order chi connectivity index (χ0) is 17.4. The van der Waals surface area contributed by atoms with Crippen LogP contribution in [0.25, 0.3) is 11.2 Å². The fourth-order valence-corrected chi connectivity index (χ4v) is 1.81. The summed E-state index contributed by atoms with van der Waals surface area (Å²) in [4.78, 5) is 25.3. The topological polar surface area (TPSA) is 95.6 Å². The van der Waals surface area contributed by atoms with Gasteiger partial charge in [-0.2, -0.15) is 13.2 Å². The normalized spacial score (nSPS) is 13.9. The van der Waals surface area contributed by atoms with Gasteiger partial charge in [-0.15, -0.1) is 0 Å². The summed E-state index contributed by atoms with van der Waals surface area (Å²) >= 11 is 0. The predicted molar refractivity (Wildman–Crippen MR) is 77.7 cm³/mol. The molecule has 1 unspecified atom stereocenters. The summed E-state index contributed by atoms with van der Waals surface area (Å²) in [5, 5.41) is 5.40. The summed E-state index contributed by atoms with van der Waals surface area (Å²) in [6.07, 6.45) is -3.49. The van der Waals surface area contributed by atoms with E-state index in [4.69, 9.17) is 0 Å². The molecule has 0 fully saturated rings. The molecule has 2 aromatic rings. The Morgan fingerprint density at radius 1 is 1.26 bits per heavy atom. The average molecular weight is 330 g/mol. The van der Waals surface area contributed by atoms with Crippen LogP contribution in [0.5, 0.6) is 0 Å². The fourth-order valence-electron chi connectivity index (χ4n) is 1.81. The lowest BCUT2D eigenvalue weighted by atomic mass is 10.1. The monoisotopic (exact) mass is 330 g/mol. The molecular formula is C13H17F3N6O. The molecule has 1 amide bonds. The third kappa shape index (κ3) is 4.08. The molecule has 10 heteroatoms. The molecule has 0 saturated carbocycles. The summed E-state index contributed by atoms with van der Waals surface area (Å²) in [5.41, 5.74) is -0.384. The SMILES string of the molecule is CC(Nc1nc(C(F)(F)F)nc2nc[nH]c12)C(=O)NC(C)(C)C. The van der Waals surface area contributed by atoms with Crippen LogP contribution in [0.4, 0.5) is 19.0 Å². The van der Waals surface area contributed by atoms with Crippen LogP contribution in [-0.4, -0.2) is 37.4 Å². The minimum Gasteiger partial charge on any atom is -0.357 e. The number of fused-ring (bicyclic) bond motifs is 1. The highest BCUT2D eigenvalue weighted by Gasteiger charge is 2.36. The molecule has 23 heavy (non-hydrogen) atoms. The molecule has 0 saturated heterocycles. The second-order valence-electron chi connectivity index (χ2n) is 6.10. The molecule has 0 aliphatic heterocycles. The van der Waals surface area contributed by atoms with E-state index in [0.717, 1.165) is 0 Å². The van der Waals surface area contributed by atoms with Gasteiger partial charge in [-0.25, -0.2) is 15.0 Å². The number of halogens is 3. The number of alkyl halides is 3. The van der Waals surface area contributed by atoms with Crippen LogP contribution in [0.15, 0.2) is 6.33 Å². The zero-order valence-electron chi connectivity index (χ0n) is 13.0. The lowest BCUT2D eigenvalue weighted by molar-refractivity contribution is -0.144. The number of hydrogen-bond donors (Lipinski definition) is 3. The Balaban J connectivity index is 2.32. The molecular weight excluding hydrogens is 313 g/mol. The van der Waals surface area contributed by atoms with E-state index in [0.29, 0.717) is 0 Å². The van der Waals surface area contributed by atoms with E-state index in [2.05, 4.69) is 30.6 Å². The number of aromatic amines is 1. The molecule has 0 radical (unpaired) electrons. The Hall–Kier alpha value is -2.39. The minimum atomic E-state index is -4.71. The van der Waals surface area contributed by atoms with Gasteiger partial charge in [0.1, 0.15) is 11.6 Å². The highest BCUT2D eigenvalue weighted by Crippen LogP contribution is 2.29. The third-order valence-corrected chi connectivity index (χ3v) is 2.78. The molecule has 0 aromatic carbocycles. The van der Waals surface area contributed by atoms with Gasteiger partial charge in [-0.05, 0) is 27.7 Å². The first-order valence-corrected chi connectivity index (χ1v) is 6.84. The number of carbonyl (C=O) groups excluding carboxylic acids is 1. The zero-order valence-corrected chi connectivity index (χ0v) is 13.0. The van der Waals surface area contributed by atoms with E-state index in [1.807, 2.05) is 0 Å². The quantitative estimate of drug-likeness (QED) is 0.801. The Morgan fingerprint density at radius 2 is 1.91 bits per heavy atom. The smallest absolute Gasteiger partial charge is 0.357 e. The van der Waals surface area contributed by atoms with E-state index in [9.17, 15) is 18.0 Å².